The summed E-state index contributed by atoms with van der Waals surface area (Å²) in [5.41, 5.74) is 6.09. The van der Waals surface area contributed by atoms with Gasteiger partial charge < -0.3 is 10.6 Å². The van der Waals surface area contributed by atoms with Gasteiger partial charge in [-0.15, -0.1) is 10.2 Å². The molecule has 1 aromatic heterocycles. The van der Waals surface area contributed by atoms with Gasteiger partial charge in [-0.25, -0.2) is 10.1 Å². The van der Waals surface area contributed by atoms with Crippen molar-refractivity contribution in [3.63, 3.8) is 0 Å². The molecule has 0 saturated heterocycles. The number of aromatic nitrogens is 3. The number of thioether (sulfide) groups is 1. The molecule has 0 aliphatic carbocycles. The first-order chi connectivity index (χ1) is 12.7. The van der Waals surface area contributed by atoms with Gasteiger partial charge >= 0.3 is 0 Å². The Kier molecular flexibility index (Phi) is 5.75. The van der Waals surface area contributed by atoms with Gasteiger partial charge in [-0.05, 0) is 24.6 Å². The average molecular weight is 368 g/mol. The number of ether oxygens (including phenoxy) is 1. The maximum Gasteiger partial charge on any atom is 0.264 e. The van der Waals surface area contributed by atoms with E-state index in [0.717, 1.165) is 17.1 Å². The monoisotopic (exact) mass is 368 g/mol. The number of rotatable bonds is 7. The zero-order valence-electron chi connectivity index (χ0n) is 14.6. The van der Waals surface area contributed by atoms with Crippen molar-refractivity contribution < 1.29 is 4.74 Å². The summed E-state index contributed by atoms with van der Waals surface area (Å²) in [6.45, 7) is 2.07. The van der Waals surface area contributed by atoms with Gasteiger partial charge in [0.05, 0.1) is 13.3 Å². The van der Waals surface area contributed by atoms with Crippen LogP contribution in [0.15, 0.2) is 58.8 Å². The molecule has 0 atom stereocenters. The van der Waals surface area contributed by atoms with Gasteiger partial charge in [0, 0.05) is 11.3 Å². The van der Waals surface area contributed by atoms with Crippen LogP contribution in [0.2, 0.25) is 0 Å². The molecule has 0 amide bonds. The molecule has 3 rings (SSSR count). The van der Waals surface area contributed by atoms with Crippen LogP contribution in [-0.4, -0.2) is 28.2 Å². The number of methoxy groups -OCH3 is 1. The number of aryl methyl sites for hydroxylation is 1. The third kappa shape index (κ3) is 4.34. The third-order valence-corrected chi connectivity index (χ3v) is 4.67. The second kappa shape index (κ2) is 8.39. The Morgan fingerprint density at radius 2 is 1.96 bits per heavy atom. The summed E-state index contributed by atoms with van der Waals surface area (Å²) in [7, 11) is 1.62. The van der Waals surface area contributed by atoms with E-state index < -0.39 is 0 Å². The first-order valence-electron chi connectivity index (χ1n) is 7.98. The van der Waals surface area contributed by atoms with E-state index >= 15 is 0 Å². The van der Waals surface area contributed by atoms with Crippen molar-refractivity contribution in [2.45, 2.75) is 17.8 Å². The van der Waals surface area contributed by atoms with Gasteiger partial charge in [-0.1, -0.05) is 53.7 Å². The summed E-state index contributed by atoms with van der Waals surface area (Å²) in [5, 5.41) is 12.9. The Balaban J connectivity index is 1.61. The lowest BCUT2D eigenvalue weighted by atomic mass is 10.2. The highest BCUT2D eigenvalue weighted by molar-refractivity contribution is 7.98. The van der Waals surface area contributed by atoms with Crippen molar-refractivity contribution in [1.82, 2.24) is 14.9 Å². The summed E-state index contributed by atoms with van der Waals surface area (Å²) in [6, 6.07) is 15.9. The fourth-order valence-electron chi connectivity index (χ4n) is 2.22. The van der Waals surface area contributed by atoms with E-state index in [2.05, 4.69) is 51.9 Å². The first-order valence-corrected chi connectivity index (χ1v) is 8.97. The summed E-state index contributed by atoms with van der Waals surface area (Å²) in [5.74, 6) is 7.90. The molecule has 134 valence electrons. The maximum absolute atomic E-state index is 6.04. The van der Waals surface area contributed by atoms with E-state index in [-0.39, 0.29) is 0 Å². The number of nitrogens with zero attached hydrogens (tertiary/aromatic N) is 4. The molecule has 0 radical (unpaired) electrons. The van der Waals surface area contributed by atoms with Crippen LogP contribution in [0.5, 0.6) is 5.75 Å². The van der Waals surface area contributed by atoms with E-state index in [9.17, 15) is 0 Å². The predicted octanol–water partition coefficient (Wildman–Crippen LogP) is 3.05. The van der Waals surface area contributed by atoms with Gasteiger partial charge in [0.1, 0.15) is 5.75 Å². The summed E-state index contributed by atoms with van der Waals surface area (Å²) in [6.07, 6.45) is 1.65. The number of benzene rings is 2. The number of hydrogen-bond acceptors (Lipinski definition) is 7. The average Bonchev–Trinajstić information content (AvgIpc) is 3.01. The lowest BCUT2D eigenvalue weighted by Gasteiger charge is -2.04. The number of nitrogen functional groups attached to an aromatic ring is 1. The molecule has 0 aliphatic heterocycles. The summed E-state index contributed by atoms with van der Waals surface area (Å²) in [4.78, 5) is 0. The molecular formula is C18H20N6OS. The van der Waals surface area contributed by atoms with Crippen LogP contribution in [-0.2, 0) is 5.75 Å². The molecule has 3 aromatic rings. The van der Waals surface area contributed by atoms with Gasteiger partial charge in [0.25, 0.3) is 5.95 Å². The smallest absolute Gasteiger partial charge is 0.264 e. The van der Waals surface area contributed by atoms with Crippen molar-refractivity contribution >= 4 is 23.9 Å². The van der Waals surface area contributed by atoms with Crippen molar-refractivity contribution in [2.75, 3.05) is 18.4 Å². The number of nitrogens with two attached hydrogens (primary N) is 1. The fraction of sp³-hybridized carbons (Fsp3) is 0.167. The van der Waals surface area contributed by atoms with Gasteiger partial charge in [-0.2, -0.15) is 5.10 Å². The molecular weight excluding hydrogens is 348 g/mol. The molecule has 7 nitrogen and oxygen atoms in total. The Hall–Kier alpha value is -3.00. The van der Waals surface area contributed by atoms with Gasteiger partial charge in [0.15, 0.2) is 0 Å². The lowest BCUT2D eigenvalue weighted by molar-refractivity contribution is 0.414. The van der Waals surface area contributed by atoms with Crippen molar-refractivity contribution in [3.8, 4) is 5.75 Å². The molecule has 1 heterocycles. The van der Waals surface area contributed by atoms with Crippen molar-refractivity contribution in [3.05, 3.63) is 65.2 Å². The number of hydrogen-bond donors (Lipinski definition) is 2. The number of anilines is 1. The van der Waals surface area contributed by atoms with Gasteiger partial charge in [-0.3, -0.25) is 0 Å². The minimum atomic E-state index is 0.363. The van der Waals surface area contributed by atoms with E-state index in [0.29, 0.717) is 11.1 Å². The first kappa shape index (κ1) is 17.8. The SMILES string of the molecule is COc1ccccc1/C=N/Nc1nnc(SCc2ccc(C)cc2)n1N. The van der Waals surface area contributed by atoms with E-state index in [1.165, 1.54) is 27.6 Å². The Bertz CT molecular complexity index is 891. The van der Waals surface area contributed by atoms with Crippen LogP contribution in [0.4, 0.5) is 5.95 Å². The molecule has 0 bridgehead atoms. The van der Waals surface area contributed by atoms with E-state index in [1.807, 2.05) is 24.3 Å². The molecule has 8 heteroatoms. The van der Waals surface area contributed by atoms with Crippen LogP contribution >= 0.6 is 11.8 Å². The van der Waals surface area contributed by atoms with Crippen LogP contribution in [0.1, 0.15) is 16.7 Å². The largest absolute Gasteiger partial charge is 0.496 e. The molecule has 0 saturated carbocycles. The number of hydrazone groups is 1. The number of nitrogens with one attached hydrogen (secondary N) is 1. The van der Waals surface area contributed by atoms with Crippen LogP contribution < -0.4 is 16.0 Å². The fourth-order valence-corrected chi connectivity index (χ4v) is 3.03. The van der Waals surface area contributed by atoms with Crippen LogP contribution in [0.25, 0.3) is 0 Å². The highest BCUT2D eigenvalue weighted by Crippen LogP contribution is 2.22. The molecule has 0 spiro atoms. The van der Waals surface area contributed by atoms with E-state index in [4.69, 9.17) is 10.6 Å². The Morgan fingerprint density at radius 1 is 1.19 bits per heavy atom. The molecule has 2 aromatic carbocycles. The van der Waals surface area contributed by atoms with Crippen molar-refractivity contribution in [1.29, 1.82) is 0 Å². The van der Waals surface area contributed by atoms with Crippen LogP contribution in [0, 0.1) is 6.92 Å². The second-order valence-electron chi connectivity index (χ2n) is 5.56. The predicted molar refractivity (Wildman–Crippen MR) is 105 cm³/mol. The van der Waals surface area contributed by atoms with E-state index in [1.54, 1.807) is 13.3 Å². The molecule has 0 unspecified atom stereocenters. The molecule has 3 N–H and O–H groups in total. The summed E-state index contributed by atoms with van der Waals surface area (Å²) >= 11 is 1.52. The molecule has 0 aliphatic rings. The lowest BCUT2D eigenvalue weighted by Crippen LogP contribution is -2.13. The Morgan fingerprint density at radius 3 is 2.73 bits per heavy atom. The minimum Gasteiger partial charge on any atom is -0.496 e. The minimum absolute atomic E-state index is 0.363. The highest BCUT2D eigenvalue weighted by Gasteiger charge is 2.09. The standard InChI is InChI=1S/C18H20N6OS/c1-13-7-9-14(10-8-13)12-26-18-23-22-17(24(18)19)21-20-11-15-5-3-4-6-16(15)25-2/h3-11H,12,19H2,1-2H3,(H,21,22)/b20-11+. The maximum atomic E-state index is 6.04. The quantitative estimate of drug-likeness (QED) is 0.288. The van der Waals surface area contributed by atoms with Crippen LogP contribution in [0.3, 0.4) is 0 Å². The summed E-state index contributed by atoms with van der Waals surface area (Å²) < 4.78 is 6.66. The number of para-hydroxylation sites is 1. The normalized spacial score (nSPS) is 11.0. The highest BCUT2D eigenvalue weighted by atomic mass is 32.2. The Labute approximate surface area is 156 Å². The van der Waals surface area contributed by atoms with Gasteiger partial charge in [0.2, 0.25) is 5.16 Å². The zero-order valence-corrected chi connectivity index (χ0v) is 15.4. The third-order valence-electron chi connectivity index (χ3n) is 3.66. The molecule has 0 fully saturated rings. The van der Waals surface area contributed by atoms with Crippen molar-refractivity contribution in [2.24, 2.45) is 5.10 Å². The second-order valence-corrected chi connectivity index (χ2v) is 6.50. The zero-order chi connectivity index (χ0) is 18.4. The topological polar surface area (TPSA) is 90.3 Å². The molecule has 26 heavy (non-hydrogen) atoms.